The fourth-order valence-electron chi connectivity index (χ4n) is 5.95. The molecule has 8 aromatic rings. The molecule has 2 aromatic carbocycles. The molecule has 1 radical (unpaired) electrons. The molecule has 193 valence electrons. The van der Waals surface area contributed by atoms with Gasteiger partial charge in [0, 0.05) is 12.7 Å². The van der Waals surface area contributed by atoms with Crippen LogP contribution in [-0.4, -0.2) is 30.0 Å². The van der Waals surface area contributed by atoms with E-state index in [0.29, 0.717) is 0 Å². The van der Waals surface area contributed by atoms with Gasteiger partial charge in [-0.1, -0.05) is 60.2 Å². The van der Waals surface area contributed by atoms with Gasteiger partial charge in [0.2, 0.25) is 0 Å². The Balaban J connectivity index is 0.00000245. The van der Waals surface area contributed by atoms with Gasteiger partial charge in [0.1, 0.15) is 11.6 Å². The van der Waals surface area contributed by atoms with Crippen LogP contribution in [-0.2, 0) is 23.2 Å². The number of pyridine rings is 2. The van der Waals surface area contributed by atoms with Crippen LogP contribution in [0.25, 0.3) is 49.4 Å². The van der Waals surface area contributed by atoms with E-state index in [9.17, 15) is 0 Å². The Bertz CT molecular complexity index is 2200. The number of para-hydroxylation sites is 3. The average molecular weight is 580 g/mol. The molecule has 7 heterocycles. The van der Waals surface area contributed by atoms with Gasteiger partial charge in [0.15, 0.2) is 0 Å². The smallest absolute Gasteiger partial charge is 0.429 e. The number of thiophene rings is 1. The van der Waals surface area contributed by atoms with Crippen molar-refractivity contribution in [2.45, 2.75) is 6.42 Å². The molecule has 1 aliphatic rings. The molecule has 1 aliphatic heterocycles. The molecule has 0 unspecified atom stereocenters. The molecule has 0 saturated carbocycles. The Morgan fingerprint density at radius 3 is 2.42 bits per heavy atom. The van der Waals surface area contributed by atoms with Gasteiger partial charge >= 0.3 is 16.8 Å². The van der Waals surface area contributed by atoms with Crippen LogP contribution in [0.3, 0.4) is 0 Å². The molecule has 0 fully saturated rings. The third-order valence-corrected chi connectivity index (χ3v) is 8.85. The number of hydrogen-bond donors (Lipinski definition) is 0. The van der Waals surface area contributed by atoms with Crippen molar-refractivity contribution < 1.29 is 16.8 Å². The summed E-state index contributed by atoms with van der Waals surface area (Å²) in [7, 11) is 0. The van der Waals surface area contributed by atoms with Crippen LogP contribution in [0.2, 0.25) is 0 Å². The molecule has 6 nitrogen and oxygen atoms in total. The second-order valence-corrected chi connectivity index (χ2v) is 10.9. The maximum Gasteiger partial charge on any atom is 2.00 e. The summed E-state index contributed by atoms with van der Waals surface area (Å²) in [5.41, 5.74) is 5.56. The first-order valence-corrected chi connectivity index (χ1v) is 13.8. The van der Waals surface area contributed by atoms with Gasteiger partial charge in [-0.05, 0) is 52.1 Å². The van der Waals surface area contributed by atoms with Gasteiger partial charge in [-0.2, -0.15) is 0 Å². The van der Waals surface area contributed by atoms with Gasteiger partial charge in [-0.15, -0.1) is 29.0 Å². The van der Waals surface area contributed by atoms with Crippen molar-refractivity contribution in [3.05, 3.63) is 114 Å². The number of anilines is 2. The van der Waals surface area contributed by atoms with Crippen LogP contribution in [0.1, 0.15) is 4.88 Å². The monoisotopic (exact) mass is 579 g/mol. The SMILES string of the molecule is [Co+2].[c-]1c2c3c(sc2n2c4ccccc4n(-c4cccc(-n5[c-]cc6ccccc65)n4)c12)CCN3c1ccccn1. The molecule has 0 aliphatic carbocycles. The first-order chi connectivity index (χ1) is 19.3. The molecule has 40 heavy (non-hydrogen) atoms. The maximum absolute atomic E-state index is 5.14. The molecule has 0 amide bonds. The van der Waals surface area contributed by atoms with E-state index in [1.54, 1.807) is 0 Å². The van der Waals surface area contributed by atoms with Crippen molar-refractivity contribution in [3.63, 3.8) is 0 Å². The average Bonchev–Trinajstić information content (AvgIpc) is 3.78. The van der Waals surface area contributed by atoms with Crippen LogP contribution in [0.15, 0.2) is 97.2 Å². The Labute approximate surface area is 243 Å². The molecule has 0 bridgehead atoms. The summed E-state index contributed by atoms with van der Waals surface area (Å²) < 4.78 is 6.60. The van der Waals surface area contributed by atoms with E-state index >= 15 is 0 Å². The molecular weight excluding hydrogens is 559 g/mol. The molecule has 0 spiro atoms. The normalized spacial score (nSPS) is 13.1. The topological polar surface area (TPSA) is 43.3 Å². The van der Waals surface area contributed by atoms with Crippen molar-refractivity contribution in [1.82, 2.24) is 23.5 Å². The predicted octanol–water partition coefficient (Wildman–Crippen LogP) is 7.12. The number of hydrogen-bond acceptors (Lipinski definition) is 4. The number of imidazole rings is 1. The zero-order valence-corrected chi connectivity index (χ0v) is 22.9. The largest absolute Gasteiger partial charge is 2.00 e. The summed E-state index contributed by atoms with van der Waals surface area (Å²) in [5, 5.41) is 2.29. The second kappa shape index (κ2) is 8.82. The van der Waals surface area contributed by atoms with Crippen molar-refractivity contribution in [2.24, 2.45) is 0 Å². The molecule has 8 heteroatoms. The third kappa shape index (κ3) is 3.21. The Kier molecular flexibility index (Phi) is 5.18. The number of aromatic nitrogens is 5. The Hall–Kier alpha value is -4.37. The van der Waals surface area contributed by atoms with Crippen LogP contribution in [0.5, 0.6) is 0 Å². The second-order valence-electron chi connectivity index (χ2n) is 9.77. The molecule has 0 saturated heterocycles. The van der Waals surface area contributed by atoms with Gasteiger partial charge in [0.05, 0.1) is 22.5 Å². The molecule has 0 N–H and O–H groups in total. The minimum Gasteiger partial charge on any atom is -0.429 e. The van der Waals surface area contributed by atoms with E-state index in [1.807, 2.05) is 46.4 Å². The van der Waals surface area contributed by atoms with Crippen molar-refractivity contribution >= 4 is 60.6 Å². The van der Waals surface area contributed by atoms with E-state index in [0.717, 1.165) is 63.4 Å². The Morgan fingerprint density at radius 1 is 0.775 bits per heavy atom. The van der Waals surface area contributed by atoms with Crippen LogP contribution < -0.4 is 4.90 Å². The first kappa shape index (κ1) is 23.5. The zero-order chi connectivity index (χ0) is 25.5. The predicted molar refractivity (Wildman–Crippen MR) is 157 cm³/mol. The standard InChI is InChI=1S/C32H20N6S.Co/c1-2-9-23-21(8-1)15-18-35(23)28-13-7-14-29(34-28)37-24-10-3-4-11-25(24)38-30(37)20-22-31-26(39-32(22)38)16-19-36(31)27-12-5-6-17-33-27;/h1-15,17H,16,19H2;/q-2;+2. The van der Waals surface area contributed by atoms with E-state index < -0.39 is 0 Å². The summed E-state index contributed by atoms with van der Waals surface area (Å²) in [4.78, 5) is 14.7. The minimum atomic E-state index is 0. The number of fused-ring (bicyclic) bond motifs is 8. The van der Waals surface area contributed by atoms with Crippen LogP contribution in [0.4, 0.5) is 11.5 Å². The van der Waals surface area contributed by atoms with E-state index in [4.69, 9.17) is 4.98 Å². The van der Waals surface area contributed by atoms with Gasteiger partial charge in [-0.3, -0.25) is 9.55 Å². The van der Waals surface area contributed by atoms with E-state index in [2.05, 4.69) is 97.8 Å². The maximum atomic E-state index is 5.14. The fourth-order valence-corrected chi connectivity index (χ4v) is 7.21. The quantitative estimate of drug-likeness (QED) is 0.209. The summed E-state index contributed by atoms with van der Waals surface area (Å²) in [5.74, 6) is 2.67. The van der Waals surface area contributed by atoms with E-state index in [-0.39, 0.29) is 16.8 Å². The zero-order valence-electron chi connectivity index (χ0n) is 21.1. The third-order valence-electron chi connectivity index (χ3n) is 7.62. The Morgan fingerprint density at radius 2 is 1.55 bits per heavy atom. The molecule has 6 aromatic heterocycles. The molecule has 0 atom stereocenters. The van der Waals surface area contributed by atoms with Gasteiger partial charge in [-0.25, -0.2) is 16.3 Å². The summed E-state index contributed by atoms with van der Waals surface area (Å²) in [6, 6.07) is 34.9. The van der Waals surface area contributed by atoms with E-state index in [1.165, 1.54) is 15.4 Å². The fraction of sp³-hybridized carbons (Fsp3) is 0.0625. The van der Waals surface area contributed by atoms with Crippen LogP contribution in [0, 0.1) is 12.3 Å². The number of benzene rings is 2. The summed E-state index contributed by atoms with van der Waals surface area (Å²) in [6.07, 6.45) is 6.25. The summed E-state index contributed by atoms with van der Waals surface area (Å²) in [6.45, 7) is 0.938. The van der Waals surface area contributed by atoms with Gasteiger partial charge in [0.25, 0.3) is 0 Å². The van der Waals surface area contributed by atoms with Crippen molar-refractivity contribution in [3.8, 4) is 11.6 Å². The molecular formula is C32H20CoN6S. The number of rotatable bonds is 3. The van der Waals surface area contributed by atoms with Crippen molar-refractivity contribution in [1.29, 1.82) is 0 Å². The summed E-state index contributed by atoms with van der Waals surface area (Å²) >= 11 is 1.87. The first-order valence-electron chi connectivity index (χ1n) is 13.0. The van der Waals surface area contributed by atoms with Crippen molar-refractivity contribution in [2.75, 3.05) is 11.4 Å². The molecule has 9 rings (SSSR count). The van der Waals surface area contributed by atoms with Crippen LogP contribution >= 0.6 is 11.3 Å². The van der Waals surface area contributed by atoms with Gasteiger partial charge < -0.3 is 13.9 Å². The minimum absolute atomic E-state index is 0. The number of nitrogens with zero attached hydrogens (tertiary/aromatic N) is 6.